The molecule has 0 saturated heterocycles. The van der Waals surface area contributed by atoms with E-state index >= 15 is 0 Å². The van der Waals surface area contributed by atoms with Gasteiger partial charge in [-0.25, -0.2) is 0 Å². The van der Waals surface area contributed by atoms with Crippen molar-refractivity contribution < 1.29 is 0 Å². The summed E-state index contributed by atoms with van der Waals surface area (Å²) >= 11 is 0. The third-order valence-corrected chi connectivity index (χ3v) is 4.05. The molecular formula is C18H16ClN. The standard InChI is InChI=1S/C18H15N.ClH/c1-11(19)15-9-7-14-6-5-12-3-2-4-13-8-10-16(15)18(14)17(12)13;/h2-11H,19H2,1H3;1H/t11-;/m0./s1. The minimum atomic E-state index is 0. The van der Waals surface area contributed by atoms with Gasteiger partial charge in [0.05, 0.1) is 0 Å². The van der Waals surface area contributed by atoms with Crippen molar-refractivity contribution in [1.82, 2.24) is 0 Å². The van der Waals surface area contributed by atoms with Crippen LogP contribution in [0.5, 0.6) is 0 Å². The molecule has 0 unspecified atom stereocenters. The maximum Gasteiger partial charge on any atom is 0.0272 e. The Bertz CT molecular complexity index is 880. The summed E-state index contributed by atoms with van der Waals surface area (Å²) in [7, 11) is 0. The van der Waals surface area contributed by atoms with Crippen LogP contribution >= 0.6 is 12.4 Å². The highest BCUT2D eigenvalue weighted by atomic mass is 35.5. The molecule has 1 nitrogen and oxygen atoms in total. The third kappa shape index (κ3) is 1.67. The van der Waals surface area contributed by atoms with Crippen LogP contribution in [0.15, 0.2) is 54.6 Å². The van der Waals surface area contributed by atoms with Gasteiger partial charge in [-0.1, -0.05) is 54.6 Å². The minimum absolute atomic E-state index is 0. The molecule has 0 aliphatic rings. The summed E-state index contributed by atoms with van der Waals surface area (Å²) in [5.41, 5.74) is 7.34. The molecule has 4 aromatic rings. The van der Waals surface area contributed by atoms with Gasteiger partial charge in [0.1, 0.15) is 0 Å². The Balaban J connectivity index is 0.00000121. The lowest BCUT2D eigenvalue weighted by Gasteiger charge is -2.15. The zero-order valence-corrected chi connectivity index (χ0v) is 12.1. The summed E-state index contributed by atoms with van der Waals surface area (Å²) < 4.78 is 0. The van der Waals surface area contributed by atoms with Crippen molar-refractivity contribution in [2.24, 2.45) is 5.73 Å². The number of halogens is 1. The molecule has 0 spiro atoms. The molecular weight excluding hydrogens is 266 g/mol. The van der Waals surface area contributed by atoms with Gasteiger partial charge in [-0.15, -0.1) is 12.4 Å². The van der Waals surface area contributed by atoms with Crippen molar-refractivity contribution in [1.29, 1.82) is 0 Å². The zero-order chi connectivity index (χ0) is 13.0. The van der Waals surface area contributed by atoms with Crippen LogP contribution in [0.2, 0.25) is 0 Å². The molecule has 2 heteroatoms. The highest BCUT2D eigenvalue weighted by Crippen LogP contribution is 2.36. The summed E-state index contributed by atoms with van der Waals surface area (Å²) in [4.78, 5) is 0. The van der Waals surface area contributed by atoms with Crippen LogP contribution in [-0.2, 0) is 0 Å². The first-order valence-electron chi connectivity index (χ1n) is 6.68. The highest BCUT2D eigenvalue weighted by Gasteiger charge is 2.11. The second-order valence-corrected chi connectivity index (χ2v) is 5.30. The molecule has 20 heavy (non-hydrogen) atoms. The molecule has 0 fully saturated rings. The lowest BCUT2D eigenvalue weighted by Crippen LogP contribution is -2.05. The van der Waals surface area contributed by atoms with Crippen LogP contribution < -0.4 is 5.73 Å². The van der Waals surface area contributed by atoms with Crippen LogP contribution in [-0.4, -0.2) is 0 Å². The summed E-state index contributed by atoms with van der Waals surface area (Å²) in [6.07, 6.45) is 0. The Morgan fingerprint density at radius 1 is 0.750 bits per heavy atom. The van der Waals surface area contributed by atoms with Gasteiger partial charge in [0, 0.05) is 6.04 Å². The average molecular weight is 282 g/mol. The van der Waals surface area contributed by atoms with Gasteiger partial charge >= 0.3 is 0 Å². The molecule has 0 aliphatic heterocycles. The van der Waals surface area contributed by atoms with Gasteiger partial charge in [-0.05, 0) is 44.8 Å². The molecule has 1 atom stereocenters. The number of nitrogens with two attached hydrogens (primary N) is 1. The third-order valence-electron chi connectivity index (χ3n) is 4.05. The van der Waals surface area contributed by atoms with Crippen molar-refractivity contribution in [3.63, 3.8) is 0 Å². The van der Waals surface area contributed by atoms with E-state index in [1.807, 2.05) is 6.92 Å². The minimum Gasteiger partial charge on any atom is -0.324 e. The van der Waals surface area contributed by atoms with Gasteiger partial charge in [-0.2, -0.15) is 0 Å². The predicted molar refractivity (Wildman–Crippen MR) is 90.0 cm³/mol. The van der Waals surface area contributed by atoms with Crippen LogP contribution in [0.3, 0.4) is 0 Å². The Hall–Kier alpha value is -1.83. The number of hydrogen-bond donors (Lipinski definition) is 1. The van der Waals surface area contributed by atoms with E-state index in [1.54, 1.807) is 0 Å². The molecule has 0 saturated carbocycles. The molecule has 2 N–H and O–H groups in total. The monoisotopic (exact) mass is 281 g/mol. The second kappa shape index (κ2) is 4.62. The largest absolute Gasteiger partial charge is 0.324 e. The maximum atomic E-state index is 6.11. The first-order valence-corrected chi connectivity index (χ1v) is 6.68. The smallest absolute Gasteiger partial charge is 0.0272 e. The number of hydrogen-bond acceptors (Lipinski definition) is 1. The summed E-state index contributed by atoms with van der Waals surface area (Å²) in [6.45, 7) is 2.05. The average Bonchev–Trinajstić information content (AvgIpc) is 2.44. The molecule has 0 radical (unpaired) electrons. The Morgan fingerprint density at radius 3 is 1.95 bits per heavy atom. The van der Waals surface area contributed by atoms with Gasteiger partial charge in [-0.3, -0.25) is 0 Å². The van der Waals surface area contributed by atoms with E-state index in [0.29, 0.717) is 0 Å². The van der Waals surface area contributed by atoms with Gasteiger partial charge in [0.15, 0.2) is 0 Å². The predicted octanol–water partition coefficient (Wildman–Crippen LogP) is 5.03. The first-order chi connectivity index (χ1) is 9.25. The normalized spacial score (nSPS) is 12.9. The molecule has 0 bridgehead atoms. The van der Waals surface area contributed by atoms with E-state index in [1.165, 1.54) is 37.9 Å². The lowest BCUT2D eigenvalue weighted by molar-refractivity contribution is 0.827. The Morgan fingerprint density at radius 2 is 1.30 bits per heavy atom. The van der Waals surface area contributed by atoms with E-state index in [-0.39, 0.29) is 18.4 Å². The van der Waals surface area contributed by atoms with Gasteiger partial charge < -0.3 is 5.73 Å². The van der Waals surface area contributed by atoms with Crippen LogP contribution in [0.1, 0.15) is 18.5 Å². The van der Waals surface area contributed by atoms with Crippen LogP contribution in [0.25, 0.3) is 32.3 Å². The van der Waals surface area contributed by atoms with Gasteiger partial charge in [0.25, 0.3) is 0 Å². The van der Waals surface area contributed by atoms with E-state index in [2.05, 4.69) is 54.6 Å². The fourth-order valence-electron chi connectivity index (χ4n) is 3.15. The Labute approximate surface area is 124 Å². The fraction of sp³-hybridized carbons (Fsp3) is 0.111. The summed E-state index contributed by atoms with van der Waals surface area (Å²) in [6, 6.07) is 19.7. The van der Waals surface area contributed by atoms with Crippen molar-refractivity contribution in [2.45, 2.75) is 13.0 Å². The van der Waals surface area contributed by atoms with Crippen molar-refractivity contribution in [2.75, 3.05) is 0 Å². The topological polar surface area (TPSA) is 26.0 Å². The molecule has 100 valence electrons. The summed E-state index contributed by atoms with van der Waals surface area (Å²) in [5.74, 6) is 0. The summed E-state index contributed by atoms with van der Waals surface area (Å²) in [5, 5.41) is 7.90. The van der Waals surface area contributed by atoms with Crippen molar-refractivity contribution >= 4 is 44.7 Å². The Kier molecular flexibility index (Phi) is 3.04. The SMILES string of the molecule is C[C@H](N)c1ccc2ccc3cccc4ccc1c2c34.Cl. The number of benzene rings is 4. The quantitative estimate of drug-likeness (QED) is 0.487. The zero-order valence-electron chi connectivity index (χ0n) is 11.3. The van der Waals surface area contributed by atoms with Crippen LogP contribution in [0, 0.1) is 0 Å². The molecule has 4 aromatic carbocycles. The molecule has 0 aliphatic carbocycles. The number of rotatable bonds is 1. The molecule has 0 aromatic heterocycles. The first kappa shape index (κ1) is 13.2. The van der Waals surface area contributed by atoms with E-state index in [0.717, 1.165) is 0 Å². The molecule has 0 heterocycles. The van der Waals surface area contributed by atoms with E-state index in [4.69, 9.17) is 5.73 Å². The van der Waals surface area contributed by atoms with Gasteiger partial charge in [0.2, 0.25) is 0 Å². The maximum absolute atomic E-state index is 6.11. The molecule has 0 amide bonds. The van der Waals surface area contributed by atoms with Crippen LogP contribution in [0.4, 0.5) is 0 Å². The second-order valence-electron chi connectivity index (χ2n) is 5.30. The van der Waals surface area contributed by atoms with E-state index in [9.17, 15) is 0 Å². The molecule has 4 rings (SSSR count). The lowest BCUT2D eigenvalue weighted by atomic mass is 9.90. The fourth-order valence-corrected chi connectivity index (χ4v) is 3.15. The van der Waals surface area contributed by atoms with E-state index < -0.39 is 0 Å². The van der Waals surface area contributed by atoms with Crippen molar-refractivity contribution in [3.05, 3.63) is 60.2 Å². The van der Waals surface area contributed by atoms with Crippen molar-refractivity contribution in [3.8, 4) is 0 Å². The highest BCUT2D eigenvalue weighted by molar-refractivity contribution is 6.23.